The van der Waals surface area contributed by atoms with Crippen molar-refractivity contribution in [1.82, 2.24) is 0 Å². The van der Waals surface area contributed by atoms with Gasteiger partial charge in [-0.3, -0.25) is 9.59 Å². The fourth-order valence-corrected chi connectivity index (χ4v) is 2.51. The lowest BCUT2D eigenvalue weighted by Gasteiger charge is -2.25. The maximum absolute atomic E-state index is 11.5. The van der Waals surface area contributed by atoms with Crippen LogP contribution < -0.4 is 4.90 Å². The summed E-state index contributed by atoms with van der Waals surface area (Å²) in [7, 11) is 1.23. The van der Waals surface area contributed by atoms with Crippen molar-refractivity contribution in [2.24, 2.45) is 0 Å². The van der Waals surface area contributed by atoms with Gasteiger partial charge in [-0.15, -0.1) is 0 Å². The molecule has 0 saturated carbocycles. The van der Waals surface area contributed by atoms with Crippen LogP contribution in [0.4, 0.5) is 5.69 Å². The number of hydrogen-bond donors (Lipinski definition) is 1. The Balaban J connectivity index is 2.21. The molecule has 0 saturated heterocycles. The lowest BCUT2D eigenvalue weighted by molar-refractivity contribution is -0.142. The summed E-state index contributed by atoms with van der Waals surface area (Å²) in [6.07, 6.45) is 0.356. The van der Waals surface area contributed by atoms with Crippen LogP contribution in [-0.2, 0) is 19.1 Å². The van der Waals surface area contributed by atoms with Crippen molar-refractivity contribution in [3.63, 3.8) is 0 Å². The Labute approximate surface area is 145 Å². The molecule has 2 rings (SSSR count). The van der Waals surface area contributed by atoms with Crippen molar-refractivity contribution in [1.29, 1.82) is 0 Å². The topological polar surface area (TPSA) is 83.9 Å². The number of carboxylic acid groups (broad SMARTS) is 1. The number of ether oxygens (including phenoxy) is 1. The van der Waals surface area contributed by atoms with Gasteiger partial charge in [-0.25, -0.2) is 4.79 Å². The van der Waals surface area contributed by atoms with Crippen LogP contribution >= 0.6 is 0 Å². The number of rotatable bonds is 8. The normalized spacial score (nSPS) is 11.4. The van der Waals surface area contributed by atoms with E-state index in [1.54, 1.807) is 12.1 Å². The van der Waals surface area contributed by atoms with Gasteiger partial charge in [-0.2, -0.15) is 0 Å². The monoisotopic (exact) mass is 341 g/mol. The molecular formula is C19H19NO5. The first-order chi connectivity index (χ1) is 12.1. The van der Waals surface area contributed by atoms with E-state index in [0.29, 0.717) is 12.1 Å². The van der Waals surface area contributed by atoms with E-state index in [1.165, 1.54) is 7.11 Å². The third-order valence-corrected chi connectivity index (χ3v) is 3.86. The highest BCUT2D eigenvalue weighted by molar-refractivity contribution is 5.89. The molecule has 25 heavy (non-hydrogen) atoms. The highest BCUT2D eigenvalue weighted by Gasteiger charge is 2.26. The van der Waals surface area contributed by atoms with E-state index in [1.807, 2.05) is 42.5 Å². The first-order valence-corrected chi connectivity index (χ1v) is 7.75. The summed E-state index contributed by atoms with van der Waals surface area (Å²) in [5.74, 6) is -1.69. The number of carboxylic acids is 1. The molecule has 6 heteroatoms. The molecule has 1 amide bonds. The maximum Gasteiger partial charge on any atom is 0.326 e. The van der Waals surface area contributed by atoms with Gasteiger partial charge in [0.05, 0.1) is 7.11 Å². The lowest BCUT2D eigenvalue weighted by atomic mass is 10.0. The summed E-state index contributed by atoms with van der Waals surface area (Å²) >= 11 is 0. The zero-order chi connectivity index (χ0) is 18.2. The molecule has 2 aromatic rings. The zero-order valence-electron chi connectivity index (χ0n) is 13.8. The SMILES string of the molecule is COC(=O)CCC(C(=O)O)N(C=O)c1ccc(-c2ccccc2)cc1. The smallest absolute Gasteiger partial charge is 0.326 e. The number of nitrogens with zero attached hydrogens (tertiary/aromatic N) is 1. The molecule has 0 bridgehead atoms. The largest absolute Gasteiger partial charge is 0.480 e. The van der Waals surface area contributed by atoms with Crippen molar-refractivity contribution in [2.75, 3.05) is 12.0 Å². The molecular weight excluding hydrogens is 322 g/mol. The number of aliphatic carboxylic acids is 1. The van der Waals surface area contributed by atoms with Gasteiger partial charge < -0.3 is 14.7 Å². The third-order valence-electron chi connectivity index (χ3n) is 3.86. The van der Waals surface area contributed by atoms with E-state index < -0.39 is 18.0 Å². The van der Waals surface area contributed by atoms with Gasteiger partial charge in [-0.05, 0) is 29.7 Å². The summed E-state index contributed by atoms with van der Waals surface area (Å²) in [6.45, 7) is 0. The zero-order valence-corrected chi connectivity index (χ0v) is 13.8. The molecule has 1 unspecified atom stereocenters. The predicted octanol–water partition coefficient (Wildman–Crippen LogP) is 2.72. The standard InChI is InChI=1S/C19H19NO5/c1-25-18(22)12-11-17(19(23)24)20(13-21)16-9-7-15(8-10-16)14-5-3-2-4-6-14/h2-10,13,17H,11-12H2,1H3,(H,23,24). The highest BCUT2D eigenvalue weighted by Crippen LogP contribution is 2.24. The first kappa shape index (κ1) is 18.2. The summed E-state index contributed by atoms with van der Waals surface area (Å²) in [4.78, 5) is 35.4. The van der Waals surface area contributed by atoms with Crippen LogP contribution in [0, 0.1) is 0 Å². The average molecular weight is 341 g/mol. The molecule has 1 atom stereocenters. The summed E-state index contributed by atoms with van der Waals surface area (Å²) < 4.78 is 4.53. The van der Waals surface area contributed by atoms with Crippen LogP contribution in [0.3, 0.4) is 0 Å². The Morgan fingerprint density at radius 2 is 1.68 bits per heavy atom. The van der Waals surface area contributed by atoms with E-state index in [9.17, 15) is 19.5 Å². The van der Waals surface area contributed by atoms with Gasteiger partial charge in [0.1, 0.15) is 6.04 Å². The van der Waals surface area contributed by atoms with Gasteiger partial charge in [-0.1, -0.05) is 42.5 Å². The molecule has 2 aromatic carbocycles. The van der Waals surface area contributed by atoms with Gasteiger partial charge in [0.15, 0.2) is 0 Å². The maximum atomic E-state index is 11.5. The number of amides is 1. The number of benzene rings is 2. The fraction of sp³-hybridized carbons (Fsp3) is 0.211. The number of carbonyl (C=O) groups excluding carboxylic acids is 2. The van der Waals surface area contributed by atoms with E-state index >= 15 is 0 Å². The molecule has 0 radical (unpaired) electrons. The van der Waals surface area contributed by atoms with Crippen LogP contribution in [0.2, 0.25) is 0 Å². The van der Waals surface area contributed by atoms with Crippen molar-refractivity contribution in [3.05, 3.63) is 54.6 Å². The molecule has 6 nitrogen and oxygen atoms in total. The quantitative estimate of drug-likeness (QED) is 0.589. The first-order valence-electron chi connectivity index (χ1n) is 7.75. The highest BCUT2D eigenvalue weighted by atomic mass is 16.5. The van der Waals surface area contributed by atoms with Crippen LogP contribution in [0.5, 0.6) is 0 Å². The van der Waals surface area contributed by atoms with Crippen LogP contribution in [0.25, 0.3) is 11.1 Å². The Hall–Kier alpha value is -3.15. The molecule has 0 aliphatic carbocycles. The van der Waals surface area contributed by atoms with Crippen LogP contribution in [0.1, 0.15) is 12.8 Å². The van der Waals surface area contributed by atoms with E-state index in [2.05, 4.69) is 4.74 Å². The van der Waals surface area contributed by atoms with Crippen molar-refractivity contribution in [3.8, 4) is 11.1 Å². The van der Waals surface area contributed by atoms with Crippen molar-refractivity contribution in [2.45, 2.75) is 18.9 Å². The number of methoxy groups -OCH3 is 1. The Morgan fingerprint density at radius 3 is 2.20 bits per heavy atom. The summed E-state index contributed by atoms with van der Waals surface area (Å²) in [5.41, 5.74) is 2.43. The second-order valence-electron chi connectivity index (χ2n) is 5.39. The van der Waals surface area contributed by atoms with Gasteiger partial charge >= 0.3 is 11.9 Å². The van der Waals surface area contributed by atoms with E-state index in [0.717, 1.165) is 16.0 Å². The predicted molar refractivity (Wildman–Crippen MR) is 93.1 cm³/mol. The minimum Gasteiger partial charge on any atom is -0.480 e. The lowest BCUT2D eigenvalue weighted by Crippen LogP contribution is -2.41. The number of hydrogen-bond acceptors (Lipinski definition) is 4. The number of carbonyl (C=O) groups is 3. The third kappa shape index (κ3) is 4.67. The summed E-state index contributed by atoms with van der Waals surface area (Å²) in [6, 6.07) is 15.6. The second kappa shape index (κ2) is 8.63. The van der Waals surface area contributed by atoms with Crippen LogP contribution in [-0.4, -0.2) is 36.6 Å². The molecule has 0 fully saturated rings. The Morgan fingerprint density at radius 1 is 1.08 bits per heavy atom. The van der Waals surface area contributed by atoms with Crippen molar-refractivity contribution < 1.29 is 24.2 Å². The van der Waals surface area contributed by atoms with Gasteiger partial charge in [0, 0.05) is 12.1 Å². The molecule has 130 valence electrons. The van der Waals surface area contributed by atoms with E-state index in [-0.39, 0.29) is 12.8 Å². The molecule has 0 aromatic heterocycles. The molecule has 1 N–H and O–H groups in total. The summed E-state index contributed by atoms with van der Waals surface area (Å²) in [5, 5.41) is 9.40. The minimum absolute atomic E-state index is 0.0266. The van der Waals surface area contributed by atoms with Gasteiger partial charge in [0.2, 0.25) is 6.41 Å². The minimum atomic E-state index is -1.18. The average Bonchev–Trinajstić information content (AvgIpc) is 2.65. The Kier molecular flexibility index (Phi) is 6.28. The number of anilines is 1. The Bertz CT molecular complexity index is 727. The molecule has 0 aliphatic rings. The molecule has 0 spiro atoms. The van der Waals surface area contributed by atoms with Gasteiger partial charge in [0.25, 0.3) is 0 Å². The number of esters is 1. The van der Waals surface area contributed by atoms with Crippen molar-refractivity contribution >= 4 is 24.0 Å². The van der Waals surface area contributed by atoms with Crippen LogP contribution in [0.15, 0.2) is 54.6 Å². The molecule has 0 aliphatic heterocycles. The molecule has 0 heterocycles. The second-order valence-corrected chi connectivity index (χ2v) is 5.39. The van der Waals surface area contributed by atoms with E-state index in [4.69, 9.17) is 0 Å². The fourth-order valence-electron chi connectivity index (χ4n) is 2.51.